The van der Waals surface area contributed by atoms with Gasteiger partial charge in [-0.3, -0.25) is 19.6 Å². The van der Waals surface area contributed by atoms with Crippen molar-refractivity contribution in [2.75, 3.05) is 0 Å². The molecule has 0 aliphatic heterocycles. The van der Waals surface area contributed by atoms with E-state index in [-0.39, 0.29) is 11.8 Å². The normalized spacial score (nSPS) is 16.6. The molecule has 1 unspecified atom stereocenters. The van der Waals surface area contributed by atoms with Crippen molar-refractivity contribution in [3.63, 3.8) is 0 Å². The molecule has 5 rings (SSSR count). The number of allylic oxidation sites excluding steroid dienone is 1. The van der Waals surface area contributed by atoms with Gasteiger partial charge in [-0.15, -0.1) is 0 Å². The summed E-state index contributed by atoms with van der Waals surface area (Å²) >= 11 is 0. The van der Waals surface area contributed by atoms with Gasteiger partial charge in [0.2, 0.25) is 0 Å². The summed E-state index contributed by atoms with van der Waals surface area (Å²) in [4.78, 5) is 34.3. The van der Waals surface area contributed by atoms with E-state index in [9.17, 15) is 9.59 Å². The number of benzene rings is 2. The van der Waals surface area contributed by atoms with E-state index in [0.29, 0.717) is 35.6 Å². The van der Waals surface area contributed by atoms with Gasteiger partial charge in [0.1, 0.15) is 12.4 Å². The van der Waals surface area contributed by atoms with Crippen LogP contribution in [0.3, 0.4) is 0 Å². The van der Waals surface area contributed by atoms with Gasteiger partial charge in [0.25, 0.3) is 11.8 Å². The van der Waals surface area contributed by atoms with Gasteiger partial charge >= 0.3 is 0 Å². The quantitative estimate of drug-likeness (QED) is 0.382. The third-order valence-electron chi connectivity index (χ3n) is 6.11. The summed E-state index contributed by atoms with van der Waals surface area (Å²) in [5.41, 5.74) is 2.80. The van der Waals surface area contributed by atoms with E-state index in [2.05, 4.69) is 20.6 Å². The highest BCUT2D eigenvalue weighted by atomic mass is 16.5. The van der Waals surface area contributed by atoms with Gasteiger partial charge < -0.3 is 15.4 Å². The first-order valence-corrected chi connectivity index (χ1v) is 12.0. The average molecular weight is 491 g/mol. The number of fused-ring (bicyclic) bond motifs is 1. The number of amides is 2. The standard InChI is InChI=1S/C30H26N4O3/c1-30(34-29(36)22-6-4-9-26(19-22)37-20-25-8-2-3-16-31-25)14-12-24(13-15-30)33-28(35)23-10-11-27-21(18-23)7-5-17-32-27/h2-14,16-19H,15,20H2,1H3,(H,33,35)(H,34,36). The monoisotopic (exact) mass is 490 g/mol. The summed E-state index contributed by atoms with van der Waals surface area (Å²) in [7, 11) is 0. The van der Waals surface area contributed by atoms with E-state index in [4.69, 9.17) is 4.74 Å². The van der Waals surface area contributed by atoms with E-state index in [1.165, 1.54) is 0 Å². The summed E-state index contributed by atoms with van der Waals surface area (Å²) in [6, 6.07) is 21.9. The maximum atomic E-state index is 13.0. The predicted octanol–water partition coefficient (Wildman–Crippen LogP) is 4.97. The Morgan fingerprint density at radius 1 is 0.919 bits per heavy atom. The van der Waals surface area contributed by atoms with Crippen LogP contribution in [0.1, 0.15) is 39.8 Å². The highest BCUT2D eigenvalue weighted by Crippen LogP contribution is 2.22. The van der Waals surface area contributed by atoms with Gasteiger partial charge in [-0.1, -0.05) is 30.4 Å². The molecule has 0 radical (unpaired) electrons. The number of carbonyl (C=O) groups excluding carboxylic acids is 2. The molecule has 0 spiro atoms. The zero-order valence-corrected chi connectivity index (χ0v) is 20.3. The largest absolute Gasteiger partial charge is 0.487 e. The first kappa shape index (κ1) is 23.9. The molecule has 2 N–H and O–H groups in total. The Balaban J connectivity index is 1.18. The van der Waals surface area contributed by atoms with Crippen molar-refractivity contribution in [3.8, 4) is 5.75 Å². The second-order valence-electron chi connectivity index (χ2n) is 9.07. The van der Waals surface area contributed by atoms with Crippen molar-refractivity contribution in [1.82, 2.24) is 20.6 Å². The first-order valence-electron chi connectivity index (χ1n) is 12.0. The molecule has 1 aliphatic rings. The maximum Gasteiger partial charge on any atom is 0.255 e. The molecule has 7 nitrogen and oxygen atoms in total. The molecule has 2 heterocycles. The molecule has 184 valence electrons. The molecule has 37 heavy (non-hydrogen) atoms. The summed E-state index contributed by atoms with van der Waals surface area (Å²) in [5.74, 6) is 0.190. The fourth-order valence-corrected chi connectivity index (χ4v) is 4.04. The number of pyridine rings is 2. The Labute approximate surface area is 214 Å². The Hall–Kier alpha value is -4.78. The van der Waals surface area contributed by atoms with Crippen LogP contribution in [0.25, 0.3) is 10.9 Å². The number of aromatic nitrogens is 2. The van der Waals surface area contributed by atoms with Gasteiger partial charge in [-0.2, -0.15) is 0 Å². The van der Waals surface area contributed by atoms with Crippen molar-refractivity contribution in [1.29, 1.82) is 0 Å². The van der Waals surface area contributed by atoms with Gasteiger partial charge in [0.15, 0.2) is 0 Å². The van der Waals surface area contributed by atoms with E-state index in [0.717, 1.165) is 16.6 Å². The number of rotatable bonds is 7. The highest BCUT2D eigenvalue weighted by Gasteiger charge is 2.26. The fourth-order valence-electron chi connectivity index (χ4n) is 4.04. The van der Waals surface area contributed by atoms with Crippen molar-refractivity contribution < 1.29 is 14.3 Å². The molecular formula is C30H26N4O3. The van der Waals surface area contributed by atoms with Crippen molar-refractivity contribution in [2.45, 2.75) is 25.5 Å². The van der Waals surface area contributed by atoms with Gasteiger partial charge in [-0.05, 0) is 74.0 Å². The Morgan fingerprint density at radius 2 is 1.78 bits per heavy atom. The molecule has 2 aromatic carbocycles. The second kappa shape index (κ2) is 10.5. The summed E-state index contributed by atoms with van der Waals surface area (Å²) < 4.78 is 5.80. The van der Waals surface area contributed by atoms with Crippen molar-refractivity contribution in [3.05, 3.63) is 126 Å². The third kappa shape index (κ3) is 5.90. The molecule has 1 aliphatic carbocycles. The lowest BCUT2D eigenvalue weighted by Crippen LogP contribution is -2.45. The Morgan fingerprint density at radius 3 is 2.59 bits per heavy atom. The molecule has 1 atom stereocenters. The van der Waals surface area contributed by atoms with Gasteiger partial charge in [0, 0.05) is 34.6 Å². The lowest BCUT2D eigenvalue weighted by atomic mass is 9.91. The van der Waals surface area contributed by atoms with Crippen LogP contribution in [0.5, 0.6) is 5.75 Å². The minimum Gasteiger partial charge on any atom is -0.487 e. The van der Waals surface area contributed by atoms with Crippen LogP contribution in [0, 0.1) is 0 Å². The van der Waals surface area contributed by atoms with E-state index in [1.807, 2.05) is 73.7 Å². The predicted molar refractivity (Wildman–Crippen MR) is 142 cm³/mol. The minimum absolute atomic E-state index is 0.197. The summed E-state index contributed by atoms with van der Waals surface area (Å²) in [5, 5.41) is 6.93. The van der Waals surface area contributed by atoms with Crippen LogP contribution in [0.4, 0.5) is 0 Å². The number of carbonyl (C=O) groups is 2. The average Bonchev–Trinajstić information content (AvgIpc) is 2.93. The van der Waals surface area contributed by atoms with Gasteiger partial charge in [-0.25, -0.2) is 0 Å². The lowest BCUT2D eigenvalue weighted by molar-refractivity contribution is 0.0918. The van der Waals surface area contributed by atoms with Crippen molar-refractivity contribution >= 4 is 22.7 Å². The Kier molecular flexibility index (Phi) is 6.76. The lowest BCUT2D eigenvalue weighted by Gasteiger charge is -2.29. The van der Waals surface area contributed by atoms with Crippen LogP contribution in [-0.2, 0) is 6.61 Å². The summed E-state index contributed by atoms with van der Waals surface area (Å²) in [6.07, 6.45) is 9.59. The number of hydrogen-bond donors (Lipinski definition) is 2. The molecule has 0 fully saturated rings. The molecule has 7 heteroatoms. The molecule has 2 amide bonds. The molecule has 0 saturated heterocycles. The van der Waals surface area contributed by atoms with Crippen LogP contribution >= 0.6 is 0 Å². The van der Waals surface area contributed by atoms with Crippen molar-refractivity contribution in [2.24, 2.45) is 0 Å². The smallest absolute Gasteiger partial charge is 0.255 e. The zero-order chi connectivity index (χ0) is 25.7. The minimum atomic E-state index is -0.593. The SMILES string of the molecule is CC1(NC(=O)c2cccc(OCc3ccccn3)c2)C=CC(NC(=O)c2ccc3ncccc3c2)=CC1. The number of nitrogens with one attached hydrogen (secondary N) is 2. The van der Waals surface area contributed by atoms with E-state index in [1.54, 1.807) is 36.7 Å². The molecular weight excluding hydrogens is 464 g/mol. The number of hydrogen-bond acceptors (Lipinski definition) is 5. The van der Waals surface area contributed by atoms with Crippen LogP contribution in [0.2, 0.25) is 0 Å². The molecule has 2 aromatic heterocycles. The second-order valence-corrected chi connectivity index (χ2v) is 9.07. The van der Waals surface area contributed by atoms with E-state index >= 15 is 0 Å². The van der Waals surface area contributed by atoms with Crippen LogP contribution in [0.15, 0.2) is 109 Å². The topological polar surface area (TPSA) is 93.2 Å². The van der Waals surface area contributed by atoms with Crippen LogP contribution in [-0.4, -0.2) is 27.3 Å². The number of ether oxygens (including phenoxy) is 1. The molecule has 0 bridgehead atoms. The fraction of sp³-hybridized carbons (Fsp3) is 0.133. The first-order chi connectivity index (χ1) is 18.0. The Bertz CT molecular complexity index is 1510. The molecule has 0 saturated carbocycles. The zero-order valence-electron chi connectivity index (χ0n) is 20.3. The highest BCUT2D eigenvalue weighted by molar-refractivity contribution is 5.99. The third-order valence-corrected chi connectivity index (χ3v) is 6.11. The number of nitrogens with zero attached hydrogens (tertiary/aromatic N) is 2. The molecule has 4 aromatic rings. The van der Waals surface area contributed by atoms with E-state index < -0.39 is 5.54 Å². The van der Waals surface area contributed by atoms with Crippen LogP contribution < -0.4 is 15.4 Å². The summed E-state index contributed by atoms with van der Waals surface area (Å²) in [6.45, 7) is 2.26. The maximum absolute atomic E-state index is 13.0. The van der Waals surface area contributed by atoms with Gasteiger partial charge in [0.05, 0.1) is 16.7 Å².